The molecule has 0 bridgehead atoms. The smallest absolute Gasteiger partial charge is 0.350 e. The number of ether oxygens (including phenoxy) is 2. The number of nitrogens with one attached hydrogen (secondary N) is 1. The van der Waals surface area contributed by atoms with Gasteiger partial charge in [0.1, 0.15) is 10.6 Å². The summed E-state index contributed by atoms with van der Waals surface area (Å²) in [7, 11) is -9.53. The first-order chi connectivity index (χ1) is 15.9. The SMILES string of the molecule is O=S(=O)(NC[C@@H]1OCC[C@@]2(S(=O)(=O)c3ccc(Cl)cc3)c3c(F)ccc(F)c3OC[C@@H]12)C(F)F. The highest BCUT2D eigenvalue weighted by Crippen LogP contribution is 2.55. The fourth-order valence-electron chi connectivity index (χ4n) is 4.51. The average molecular weight is 544 g/mol. The second kappa shape index (κ2) is 8.94. The molecule has 0 unspecified atom stereocenters. The molecule has 0 spiro atoms. The molecule has 2 heterocycles. The van der Waals surface area contributed by atoms with Gasteiger partial charge >= 0.3 is 5.76 Å². The van der Waals surface area contributed by atoms with E-state index in [9.17, 15) is 30.0 Å². The number of sulfonamides is 1. The standard InChI is InChI=1S/C20H18ClF4NO6S2/c21-11-1-3-12(4-2-11)33(27,28)20-7-8-31-16(9-26-34(29,30)19(24)25)13(20)10-32-18-15(23)6-5-14(22)17(18)20/h1-6,13,16,19,26H,7-10H2/t13-,16-,20-/m0/s1. The van der Waals surface area contributed by atoms with Crippen molar-refractivity contribution in [3.8, 4) is 5.75 Å². The lowest BCUT2D eigenvalue weighted by Crippen LogP contribution is -2.59. The van der Waals surface area contributed by atoms with Crippen LogP contribution in [0.2, 0.25) is 5.02 Å². The van der Waals surface area contributed by atoms with Gasteiger partial charge in [0, 0.05) is 24.1 Å². The largest absolute Gasteiger partial charge is 0.490 e. The fraction of sp³-hybridized carbons (Fsp3) is 0.400. The maximum Gasteiger partial charge on any atom is 0.350 e. The van der Waals surface area contributed by atoms with Gasteiger partial charge in [0.15, 0.2) is 21.4 Å². The number of alkyl halides is 2. The molecule has 14 heteroatoms. The van der Waals surface area contributed by atoms with Crippen LogP contribution < -0.4 is 9.46 Å². The maximum absolute atomic E-state index is 15.2. The van der Waals surface area contributed by atoms with Crippen LogP contribution in [0.1, 0.15) is 12.0 Å². The lowest BCUT2D eigenvalue weighted by molar-refractivity contribution is -0.0689. The molecular formula is C20H18ClF4NO6S2. The van der Waals surface area contributed by atoms with Crippen LogP contribution in [0.3, 0.4) is 0 Å². The van der Waals surface area contributed by atoms with Gasteiger partial charge < -0.3 is 9.47 Å². The number of sulfone groups is 1. The Hall–Kier alpha value is -1.93. The second-order valence-electron chi connectivity index (χ2n) is 7.81. The van der Waals surface area contributed by atoms with Crippen LogP contribution in [0.15, 0.2) is 41.3 Å². The van der Waals surface area contributed by atoms with E-state index in [1.165, 1.54) is 24.3 Å². The van der Waals surface area contributed by atoms with E-state index in [1.54, 1.807) is 4.72 Å². The number of fused-ring (bicyclic) bond motifs is 3. The van der Waals surface area contributed by atoms with E-state index in [4.69, 9.17) is 21.1 Å². The predicted octanol–water partition coefficient (Wildman–Crippen LogP) is 3.23. The fourth-order valence-corrected chi connectivity index (χ4v) is 7.51. The Morgan fingerprint density at radius 3 is 2.35 bits per heavy atom. The molecule has 0 amide bonds. The molecular weight excluding hydrogens is 526 g/mol. The van der Waals surface area contributed by atoms with Crippen molar-refractivity contribution in [1.82, 2.24) is 4.72 Å². The summed E-state index contributed by atoms with van der Waals surface area (Å²) in [5.74, 6) is -7.61. The lowest BCUT2D eigenvalue weighted by Gasteiger charge is -2.50. The predicted molar refractivity (Wildman–Crippen MR) is 113 cm³/mol. The van der Waals surface area contributed by atoms with Crippen molar-refractivity contribution in [3.63, 3.8) is 0 Å². The first-order valence-corrected chi connectivity index (χ1v) is 13.3. The van der Waals surface area contributed by atoms with Gasteiger partial charge in [-0.2, -0.15) is 8.78 Å². The van der Waals surface area contributed by atoms with Crippen LogP contribution in [0, 0.1) is 17.6 Å². The summed E-state index contributed by atoms with van der Waals surface area (Å²) in [6.45, 7) is -1.54. The summed E-state index contributed by atoms with van der Waals surface area (Å²) < 4.78 is 117. The van der Waals surface area contributed by atoms with Crippen LogP contribution in [-0.2, 0) is 29.3 Å². The zero-order chi connectivity index (χ0) is 24.9. The highest BCUT2D eigenvalue weighted by molar-refractivity contribution is 7.92. The van der Waals surface area contributed by atoms with Crippen molar-refractivity contribution < 1.29 is 43.9 Å². The van der Waals surface area contributed by atoms with Crippen molar-refractivity contribution in [3.05, 3.63) is 58.6 Å². The summed E-state index contributed by atoms with van der Waals surface area (Å²) in [4.78, 5) is -0.243. The molecule has 2 aliphatic heterocycles. The normalized spacial score (nSPS) is 24.9. The lowest BCUT2D eigenvalue weighted by atomic mass is 9.76. The molecule has 0 radical (unpaired) electrons. The monoisotopic (exact) mass is 543 g/mol. The van der Waals surface area contributed by atoms with Crippen LogP contribution in [0.25, 0.3) is 0 Å². The van der Waals surface area contributed by atoms with Gasteiger partial charge in [-0.05, 0) is 42.8 Å². The highest BCUT2D eigenvalue weighted by Gasteiger charge is 2.61. The van der Waals surface area contributed by atoms with Gasteiger partial charge in [0.2, 0.25) is 0 Å². The minimum atomic E-state index is -5.03. The number of benzene rings is 2. The summed E-state index contributed by atoms with van der Waals surface area (Å²) in [5.41, 5.74) is -0.552. The number of hydrogen-bond donors (Lipinski definition) is 1. The Kier molecular flexibility index (Phi) is 6.62. The molecule has 2 aromatic carbocycles. The van der Waals surface area contributed by atoms with Crippen LogP contribution in [0.4, 0.5) is 17.6 Å². The summed E-state index contributed by atoms with van der Waals surface area (Å²) in [5, 5.41) is 0.240. The van der Waals surface area contributed by atoms with Crippen molar-refractivity contribution >= 4 is 31.5 Å². The molecule has 0 aromatic heterocycles. The van der Waals surface area contributed by atoms with Gasteiger partial charge in [-0.3, -0.25) is 0 Å². The molecule has 2 aromatic rings. The number of halogens is 5. The summed E-state index contributed by atoms with van der Waals surface area (Å²) in [6.07, 6.45) is -1.63. The van der Waals surface area contributed by atoms with E-state index < -0.39 is 78.5 Å². The topological polar surface area (TPSA) is 98.8 Å². The van der Waals surface area contributed by atoms with E-state index in [2.05, 4.69) is 0 Å². The summed E-state index contributed by atoms with van der Waals surface area (Å²) >= 11 is 5.87. The van der Waals surface area contributed by atoms with Gasteiger partial charge in [-0.15, -0.1) is 0 Å². The van der Waals surface area contributed by atoms with Crippen molar-refractivity contribution in [2.45, 2.75) is 27.9 Å². The van der Waals surface area contributed by atoms with E-state index in [-0.39, 0.29) is 22.9 Å². The average Bonchev–Trinajstić information content (AvgIpc) is 2.79. The molecule has 3 atom stereocenters. The quantitative estimate of drug-likeness (QED) is 0.562. The molecule has 1 fully saturated rings. The second-order valence-corrected chi connectivity index (χ2v) is 12.2. The van der Waals surface area contributed by atoms with Crippen molar-refractivity contribution in [2.75, 3.05) is 19.8 Å². The van der Waals surface area contributed by atoms with Gasteiger partial charge in [0.05, 0.1) is 23.2 Å². The number of rotatable bonds is 6. The summed E-state index contributed by atoms with van der Waals surface area (Å²) in [6, 6.07) is 6.61. The highest BCUT2D eigenvalue weighted by atomic mass is 35.5. The van der Waals surface area contributed by atoms with Crippen molar-refractivity contribution in [1.29, 1.82) is 0 Å². The van der Waals surface area contributed by atoms with Gasteiger partial charge in [0.25, 0.3) is 10.0 Å². The Morgan fingerprint density at radius 2 is 1.71 bits per heavy atom. The molecule has 0 saturated carbocycles. The Labute approximate surface area is 198 Å². The molecule has 34 heavy (non-hydrogen) atoms. The first-order valence-electron chi connectivity index (χ1n) is 9.91. The number of hydrogen-bond acceptors (Lipinski definition) is 6. The van der Waals surface area contributed by atoms with Crippen LogP contribution >= 0.6 is 11.6 Å². The van der Waals surface area contributed by atoms with E-state index in [0.717, 1.165) is 12.1 Å². The third kappa shape index (κ3) is 3.96. The molecule has 0 aliphatic carbocycles. The maximum atomic E-state index is 15.2. The van der Waals surface area contributed by atoms with E-state index in [0.29, 0.717) is 0 Å². The van der Waals surface area contributed by atoms with Crippen LogP contribution in [-0.4, -0.2) is 48.5 Å². The molecule has 7 nitrogen and oxygen atoms in total. The van der Waals surface area contributed by atoms with Crippen molar-refractivity contribution in [2.24, 2.45) is 5.92 Å². The minimum Gasteiger partial charge on any atom is -0.490 e. The van der Waals surface area contributed by atoms with Gasteiger partial charge in [-0.25, -0.2) is 30.3 Å². The third-order valence-corrected chi connectivity index (χ3v) is 9.92. The molecule has 1 N–H and O–H groups in total. The minimum absolute atomic E-state index is 0.240. The zero-order valence-electron chi connectivity index (χ0n) is 17.2. The Morgan fingerprint density at radius 1 is 1.06 bits per heavy atom. The third-order valence-electron chi connectivity index (χ3n) is 6.07. The molecule has 1 saturated heterocycles. The first kappa shape index (κ1) is 25.2. The van der Waals surface area contributed by atoms with E-state index in [1.807, 2.05) is 0 Å². The van der Waals surface area contributed by atoms with Crippen LogP contribution in [0.5, 0.6) is 5.75 Å². The van der Waals surface area contributed by atoms with E-state index >= 15 is 4.39 Å². The van der Waals surface area contributed by atoms with Gasteiger partial charge in [-0.1, -0.05) is 11.6 Å². The molecule has 2 aliphatic rings. The molecule has 186 valence electrons. The Balaban J connectivity index is 1.90. The zero-order valence-corrected chi connectivity index (χ0v) is 19.6. The molecule has 4 rings (SSSR count). The Bertz CT molecular complexity index is 1310.